The normalized spacial score (nSPS) is 20.5. The van der Waals surface area contributed by atoms with E-state index in [4.69, 9.17) is 5.11 Å². The maximum Gasteiger partial charge on any atom is 0.328 e. The van der Waals surface area contributed by atoms with Crippen molar-refractivity contribution in [1.82, 2.24) is 9.88 Å². The minimum Gasteiger partial charge on any atom is -0.478 e. The van der Waals surface area contributed by atoms with Crippen LogP contribution in [0.5, 0.6) is 0 Å². The minimum absolute atomic E-state index is 0.0580. The molecular weight excluding hydrogens is 376 g/mol. The van der Waals surface area contributed by atoms with Crippen molar-refractivity contribution in [2.24, 2.45) is 5.92 Å². The molecule has 30 heavy (non-hydrogen) atoms. The van der Waals surface area contributed by atoms with Crippen LogP contribution in [0.25, 0.3) is 17.0 Å². The van der Waals surface area contributed by atoms with Crippen LogP contribution in [-0.2, 0) is 11.2 Å². The van der Waals surface area contributed by atoms with Crippen molar-refractivity contribution in [2.75, 3.05) is 13.2 Å². The van der Waals surface area contributed by atoms with E-state index in [1.54, 1.807) is 6.08 Å². The Kier molecular flexibility index (Phi) is 5.75. The molecule has 0 saturated carbocycles. The Hall–Kier alpha value is -2.89. The number of aliphatic hydroxyl groups excluding tert-OH is 1. The highest BCUT2D eigenvalue weighted by molar-refractivity contribution is 5.86. The molecule has 1 aliphatic heterocycles. The van der Waals surface area contributed by atoms with Crippen LogP contribution >= 0.6 is 0 Å². The average molecular weight is 405 g/mol. The number of para-hydroxylation sites is 1. The number of aromatic nitrogens is 1. The minimum atomic E-state index is -0.952. The Morgan fingerprint density at radius 3 is 2.67 bits per heavy atom. The maximum absolute atomic E-state index is 10.8. The number of hydrogen-bond acceptors (Lipinski definition) is 3. The first-order chi connectivity index (χ1) is 14.5. The van der Waals surface area contributed by atoms with Crippen molar-refractivity contribution in [1.29, 1.82) is 0 Å². The van der Waals surface area contributed by atoms with Gasteiger partial charge in [-0.25, -0.2) is 4.79 Å². The van der Waals surface area contributed by atoms with Gasteiger partial charge in [0.15, 0.2) is 0 Å². The fraction of sp³-hybridized carbons (Fsp3) is 0.320. The maximum atomic E-state index is 10.8. The van der Waals surface area contributed by atoms with Crippen molar-refractivity contribution >= 4 is 22.9 Å². The van der Waals surface area contributed by atoms with Crippen LogP contribution in [0, 0.1) is 5.92 Å². The molecule has 3 aromatic rings. The van der Waals surface area contributed by atoms with Gasteiger partial charge in [0.2, 0.25) is 0 Å². The summed E-state index contributed by atoms with van der Waals surface area (Å²) in [6, 6.07) is 16.9. The molecule has 2 heterocycles. The Morgan fingerprint density at radius 2 is 1.97 bits per heavy atom. The lowest BCUT2D eigenvalue weighted by Gasteiger charge is -2.42. The van der Waals surface area contributed by atoms with E-state index in [9.17, 15) is 9.90 Å². The fourth-order valence-corrected chi connectivity index (χ4v) is 4.53. The molecule has 0 amide bonds. The third-order valence-electron chi connectivity index (χ3n) is 6.02. The van der Waals surface area contributed by atoms with Gasteiger partial charge in [-0.2, -0.15) is 0 Å². The summed E-state index contributed by atoms with van der Waals surface area (Å²) < 4.78 is 0. The zero-order valence-corrected chi connectivity index (χ0v) is 17.4. The summed E-state index contributed by atoms with van der Waals surface area (Å²) in [7, 11) is 0. The molecule has 5 nitrogen and oxygen atoms in total. The number of nitrogens with zero attached hydrogens (tertiary/aromatic N) is 1. The van der Waals surface area contributed by atoms with Crippen LogP contribution in [-0.4, -0.2) is 45.3 Å². The van der Waals surface area contributed by atoms with Gasteiger partial charge in [-0.05, 0) is 48.1 Å². The predicted octanol–water partition coefficient (Wildman–Crippen LogP) is 4.23. The number of carbonyl (C=O) groups is 1. The van der Waals surface area contributed by atoms with Crippen LogP contribution in [0.3, 0.4) is 0 Å². The van der Waals surface area contributed by atoms with E-state index >= 15 is 0 Å². The molecule has 0 fully saturated rings. The Balaban J connectivity index is 1.79. The topological polar surface area (TPSA) is 76.6 Å². The summed E-state index contributed by atoms with van der Waals surface area (Å²) in [5.41, 5.74) is 5.75. The molecule has 1 aliphatic rings. The van der Waals surface area contributed by atoms with Gasteiger partial charge < -0.3 is 15.2 Å². The van der Waals surface area contributed by atoms with Crippen molar-refractivity contribution in [3.63, 3.8) is 0 Å². The molecular formula is C25H28N2O3. The smallest absolute Gasteiger partial charge is 0.328 e. The molecule has 1 aromatic heterocycles. The van der Waals surface area contributed by atoms with Crippen molar-refractivity contribution in [3.05, 3.63) is 77.0 Å². The second kappa shape index (κ2) is 8.46. The van der Waals surface area contributed by atoms with E-state index in [1.807, 2.05) is 12.1 Å². The lowest BCUT2D eigenvalue weighted by Crippen LogP contribution is -2.45. The number of hydrogen-bond donors (Lipinski definition) is 3. The highest BCUT2D eigenvalue weighted by Crippen LogP contribution is 2.41. The second-order valence-electron chi connectivity index (χ2n) is 8.34. The Morgan fingerprint density at radius 1 is 1.23 bits per heavy atom. The number of benzene rings is 2. The monoisotopic (exact) mass is 404 g/mol. The van der Waals surface area contributed by atoms with E-state index in [-0.39, 0.29) is 18.6 Å². The lowest BCUT2D eigenvalue weighted by molar-refractivity contribution is -0.131. The number of rotatable bonds is 6. The molecule has 2 aromatic carbocycles. The standard InChI is InChI=1S/C25H28N2O3/c1-16(15-28)14-27-17(2)13-21-20-5-3-4-6-22(20)26-24(21)25(27)19-10-7-18(8-11-19)9-12-23(29)30/h3-12,16-17,25-26,28H,13-15H2,1-2H3,(H,29,30)/b12-9+/t16-,17-,25-/m1/s1. The van der Waals surface area contributed by atoms with E-state index in [0.29, 0.717) is 6.04 Å². The Labute approximate surface area is 176 Å². The largest absolute Gasteiger partial charge is 0.478 e. The zero-order valence-electron chi connectivity index (χ0n) is 17.4. The van der Waals surface area contributed by atoms with Gasteiger partial charge in [0, 0.05) is 41.9 Å². The van der Waals surface area contributed by atoms with Crippen LogP contribution in [0.1, 0.15) is 42.3 Å². The number of carboxylic acids is 1. The van der Waals surface area contributed by atoms with Gasteiger partial charge in [-0.15, -0.1) is 0 Å². The van der Waals surface area contributed by atoms with E-state index in [0.717, 1.165) is 35.7 Å². The number of nitrogens with one attached hydrogen (secondary N) is 1. The molecule has 3 atom stereocenters. The molecule has 0 radical (unpaired) electrons. The molecule has 0 unspecified atom stereocenters. The van der Waals surface area contributed by atoms with E-state index < -0.39 is 5.97 Å². The molecule has 0 saturated heterocycles. The number of H-pyrrole nitrogens is 1. The summed E-state index contributed by atoms with van der Waals surface area (Å²) in [5.74, 6) is -0.772. The molecule has 5 heteroatoms. The van der Waals surface area contributed by atoms with Gasteiger partial charge in [0.25, 0.3) is 0 Å². The third-order valence-corrected chi connectivity index (χ3v) is 6.02. The van der Waals surface area contributed by atoms with Gasteiger partial charge in [0.05, 0.1) is 6.04 Å². The summed E-state index contributed by atoms with van der Waals surface area (Å²) >= 11 is 0. The van der Waals surface area contributed by atoms with Crippen LogP contribution in [0.15, 0.2) is 54.6 Å². The van der Waals surface area contributed by atoms with Gasteiger partial charge >= 0.3 is 5.97 Å². The number of carboxylic acid groups (broad SMARTS) is 1. The van der Waals surface area contributed by atoms with Crippen LogP contribution in [0.4, 0.5) is 0 Å². The number of aromatic amines is 1. The number of aliphatic hydroxyl groups is 1. The number of aliphatic carboxylic acids is 1. The lowest BCUT2D eigenvalue weighted by atomic mass is 9.87. The zero-order chi connectivity index (χ0) is 21.3. The highest BCUT2D eigenvalue weighted by atomic mass is 16.4. The first-order valence-electron chi connectivity index (χ1n) is 10.4. The van der Waals surface area contributed by atoms with Crippen molar-refractivity contribution < 1.29 is 15.0 Å². The first kappa shape index (κ1) is 20.4. The van der Waals surface area contributed by atoms with Gasteiger partial charge in [-0.3, -0.25) is 4.90 Å². The second-order valence-corrected chi connectivity index (χ2v) is 8.34. The average Bonchev–Trinajstić information content (AvgIpc) is 3.11. The van der Waals surface area contributed by atoms with E-state index in [1.165, 1.54) is 16.6 Å². The van der Waals surface area contributed by atoms with Crippen molar-refractivity contribution in [3.8, 4) is 0 Å². The molecule has 156 valence electrons. The summed E-state index contributed by atoms with van der Waals surface area (Å²) in [6.07, 6.45) is 3.73. The first-order valence-corrected chi connectivity index (χ1v) is 10.4. The van der Waals surface area contributed by atoms with Crippen LogP contribution < -0.4 is 0 Å². The molecule has 0 aliphatic carbocycles. The molecule has 4 rings (SSSR count). The van der Waals surface area contributed by atoms with Gasteiger partial charge in [0.1, 0.15) is 0 Å². The predicted molar refractivity (Wildman–Crippen MR) is 119 cm³/mol. The SMILES string of the molecule is C[C@@H](CO)CN1[C@H](c2ccc(/C=C/C(=O)O)cc2)c2[nH]c3ccccc3c2C[C@H]1C. The molecule has 0 bridgehead atoms. The Bertz CT molecular complexity index is 1070. The summed E-state index contributed by atoms with van der Waals surface area (Å²) in [6.45, 7) is 5.29. The summed E-state index contributed by atoms with van der Waals surface area (Å²) in [4.78, 5) is 16.9. The van der Waals surface area contributed by atoms with Crippen LogP contribution in [0.2, 0.25) is 0 Å². The fourth-order valence-electron chi connectivity index (χ4n) is 4.53. The molecule has 0 spiro atoms. The quantitative estimate of drug-likeness (QED) is 0.538. The highest BCUT2D eigenvalue weighted by Gasteiger charge is 2.36. The van der Waals surface area contributed by atoms with Crippen molar-refractivity contribution in [2.45, 2.75) is 32.4 Å². The van der Waals surface area contributed by atoms with Gasteiger partial charge in [-0.1, -0.05) is 49.4 Å². The summed E-state index contributed by atoms with van der Waals surface area (Å²) in [5, 5.41) is 19.8. The third kappa shape index (κ3) is 3.91. The molecule has 3 N–H and O–H groups in total. The van der Waals surface area contributed by atoms with E-state index in [2.05, 4.69) is 60.1 Å². The number of fused-ring (bicyclic) bond motifs is 3.